The van der Waals surface area contributed by atoms with Gasteiger partial charge in [-0.2, -0.15) is 0 Å². The first kappa shape index (κ1) is 16.8. The van der Waals surface area contributed by atoms with Crippen LogP contribution in [0.25, 0.3) is 0 Å². The lowest BCUT2D eigenvalue weighted by atomic mass is 9.84. The number of hydrogen-bond donors (Lipinski definition) is 2. The number of nitrogens with one attached hydrogen (secondary N) is 1. The van der Waals surface area contributed by atoms with Gasteiger partial charge in [0.15, 0.2) is 5.76 Å². The van der Waals surface area contributed by atoms with Crippen LogP contribution in [0.1, 0.15) is 63.3 Å². The third kappa shape index (κ3) is 3.24. The van der Waals surface area contributed by atoms with Crippen molar-refractivity contribution >= 4 is 28.2 Å². The molecule has 2 amide bonds. The van der Waals surface area contributed by atoms with Crippen LogP contribution in [0.15, 0.2) is 16.5 Å². The Labute approximate surface area is 145 Å². The van der Waals surface area contributed by atoms with E-state index in [0.717, 1.165) is 31.2 Å². The summed E-state index contributed by atoms with van der Waals surface area (Å²) >= 11 is 1.48. The number of primary amides is 1. The van der Waals surface area contributed by atoms with Crippen molar-refractivity contribution in [2.24, 2.45) is 11.7 Å². The molecule has 0 aromatic carbocycles. The van der Waals surface area contributed by atoms with Crippen LogP contribution in [0, 0.1) is 12.8 Å². The van der Waals surface area contributed by atoms with E-state index in [-0.39, 0.29) is 11.7 Å². The van der Waals surface area contributed by atoms with Gasteiger partial charge in [-0.05, 0) is 49.8 Å². The maximum Gasteiger partial charge on any atom is 0.291 e. The van der Waals surface area contributed by atoms with Crippen molar-refractivity contribution < 1.29 is 14.0 Å². The molecular weight excluding hydrogens is 324 g/mol. The number of anilines is 1. The largest absolute Gasteiger partial charge is 0.456 e. The molecule has 1 aliphatic rings. The number of fused-ring (bicyclic) bond motifs is 1. The first-order valence-corrected chi connectivity index (χ1v) is 9.13. The number of nitrogens with two attached hydrogens (primary N) is 1. The lowest BCUT2D eigenvalue weighted by Crippen LogP contribution is -2.19. The van der Waals surface area contributed by atoms with Crippen LogP contribution in [-0.4, -0.2) is 11.8 Å². The van der Waals surface area contributed by atoms with Crippen molar-refractivity contribution in [2.45, 2.75) is 46.0 Å². The van der Waals surface area contributed by atoms with Gasteiger partial charge in [-0.25, -0.2) is 0 Å². The third-order valence-electron chi connectivity index (χ3n) is 4.50. The van der Waals surface area contributed by atoms with E-state index in [1.165, 1.54) is 22.6 Å². The smallest absolute Gasteiger partial charge is 0.291 e. The second kappa shape index (κ2) is 6.81. The van der Waals surface area contributed by atoms with Gasteiger partial charge in [-0.3, -0.25) is 9.59 Å². The van der Waals surface area contributed by atoms with Gasteiger partial charge >= 0.3 is 0 Å². The second-order valence-electron chi connectivity index (χ2n) is 6.33. The van der Waals surface area contributed by atoms with Crippen molar-refractivity contribution in [3.63, 3.8) is 0 Å². The number of rotatable bonds is 5. The average Bonchev–Trinajstić information content (AvgIpc) is 3.10. The highest BCUT2D eigenvalue weighted by atomic mass is 32.1. The Balaban J connectivity index is 1.88. The highest BCUT2D eigenvalue weighted by Crippen LogP contribution is 2.40. The monoisotopic (exact) mass is 346 g/mol. The third-order valence-corrected chi connectivity index (χ3v) is 5.67. The molecular formula is C18H22N2O3S. The number of carbonyl (C=O) groups excluding carboxylic acids is 2. The summed E-state index contributed by atoms with van der Waals surface area (Å²) in [6, 6.07) is 3.36. The molecule has 0 bridgehead atoms. The molecule has 24 heavy (non-hydrogen) atoms. The molecule has 0 saturated heterocycles. The summed E-state index contributed by atoms with van der Waals surface area (Å²) in [5.74, 6) is 0.723. The zero-order chi connectivity index (χ0) is 17.3. The summed E-state index contributed by atoms with van der Waals surface area (Å²) in [6.07, 6.45) is 5.24. The number of hydrogen-bond acceptors (Lipinski definition) is 4. The Morgan fingerprint density at radius 1 is 1.42 bits per heavy atom. The Morgan fingerprint density at radius 2 is 2.21 bits per heavy atom. The molecule has 5 nitrogen and oxygen atoms in total. The molecule has 0 fully saturated rings. The van der Waals surface area contributed by atoms with Gasteiger partial charge in [0.1, 0.15) is 10.8 Å². The van der Waals surface area contributed by atoms with Gasteiger partial charge in [-0.15, -0.1) is 11.3 Å². The summed E-state index contributed by atoms with van der Waals surface area (Å²) in [6.45, 7) is 3.97. The summed E-state index contributed by atoms with van der Waals surface area (Å²) in [7, 11) is 0. The zero-order valence-corrected chi connectivity index (χ0v) is 14.8. The maximum atomic E-state index is 12.3. The lowest BCUT2D eigenvalue weighted by Gasteiger charge is -2.21. The lowest BCUT2D eigenvalue weighted by molar-refractivity contribution is 0.0996. The molecule has 3 rings (SSSR count). The minimum Gasteiger partial charge on any atom is -0.456 e. The van der Waals surface area contributed by atoms with Gasteiger partial charge < -0.3 is 15.5 Å². The highest BCUT2D eigenvalue weighted by molar-refractivity contribution is 7.17. The Kier molecular flexibility index (Phi) is 4.76. The predicted molar refractivity (Wildman–Crippen MR) is 94.7 cm³/mol. The predicted octanol–water partition coefficient (Wildman–Crippen LogP) is 3.91. The normalized spacial score (nSPS) is 16.7. The maximum absolute atomic E-state index is 12.3. The molecule has 0 saturated carbocycles. The minimum absolute atomic E-state index is 0.234. The molecule has 2 heterocycles. The topological polar surface area (TPSA) is 85.3 Å². The van der Waals surface area contributed by atoms with Gasteiger partial charge in [0.05, 0.1) is 5.56 Å². The molecule has 2 aromatic heterocycles. The number of amides is 2. The van der Waals surface area contributed by atoms with E-state index in [0.29, 0.717) is 22.2 Å². The molecule has 3 N–H and O–H groups in total. The number of carbonyl (C=O) groups is 2. The molecule has 1 unspecified atom stereocenters. The van der Waals surface area contributed by atoms with Gasteiger partial charge in [-0.1, -0.05) is 19.8 Å². The second-order valence-corrected chi connectivity index (χ2v) is 7.44. The van der Waals surface area contributed by atoms with Crippen LogP contribution in [0.5, 0.6) is 0 Å². The van der Waals surface area contributed by atoms with E-state index >= 15 is 0 Å². The Hall–Kier alpha value is -2.08. The molecule has 0 spiro atoms. The molecule has 1 aliphatic carbocycles. The number of thiophene rings is 1. The van der Waals surface area contributed by atoms with E-state index in [4.69, 9.17) is 10.2 Å². The molecule has 6 heteroatoms. The summed E-state index contributed by atoms with van der Waals surface area (Å²) in [5.41, 5.74) is 7.08. The van der Waals surface area contributed by atoms with Crippen LogP contribution in [0.4, 0.5) is 5.00 Å². The zero-order valence-electron chi connectivity index (χ0n) is 14.0. The highest BCUT2D eigenvalue weighted by Gasteiger charge is 2.28. The van der Waals surface area contributed by atoms with Crippen LogP contribution < -0.4 is 11.1 Å². The fourth-order valence-electron chi connectivity index (χ4n) is 3.38. The van der Waals surface area contributed by atoms with Crippen molar-refractivity contribution in [1.29, 1.82) is 0 Å². The van der Waals surface area contributed by atoms with E-state index in [2.05, 4.69) is 12.2 Å². The molecule has 0 radical (unpaired) electrons. The summed E-state index contributed by atoms with van der Waals surface area (Å²) in [4.78, 5) is 25.4. The van der Waals surface area contributed by atoms with E-state index < -0.39 is 5.91 Å². The quantitative estimate of drug-likeness (QED) is 0.861. The Bertz CT molecular complexity index is 775. The van der Waals surface area contributed by atoms with Gasteiger partial charge in [0.25, 0.3) is 11.8 Å². The molecule has 128 valence electrons. The van der Waals surface area contributed by atoms with Gasteiger partial charge in [0, 0.05) is 4.88 Å². The molecule has 0 aliphatic heterocycles. The fraction of sp³-hybridized carbons (Fsp3) is 0.444. The molecule has 2 aromatic rings. The summed E-state index contributed by atoms with van der Waals surface area (Å²) in [5, 5.41) is 3.36. The molecule has 1 atom stereocenters. The van der Waals surface area contributed by atoms with Crippen LogP contribution >= 0.6 is 11.3 Å². The van der Waals surface area contributed by atoms with Crippen molar-refractivity contribution in [3.05, 3.63) is 39.7 Å². The fourth-order valence-corrected chi connectivity index (χ4v) is 4.74. The summed E-state index contributed by atoms with van der Waals surface area (Å²) < 4.78 is 5.35. The first-order chi connectivity index (χ1) is 11.5. The van der Waals surface area contributed by atoms with Crippen LogP contribution in [0.2, 0.25) is 0 Å². The first-order valence-electron chi connectivity index (χ1n) is 8.31. The van der Waals surface area contributed by atoms with E-state index in [1.807, 2.05) is 0 Å². The van der Waals surface area contributed by atoms with E-state index in [1.54, 1.807) is 19.1 Å². The standard InChI is InChI=1S/C18H22N2O3S/c1-3-4-11-6-7-12-14(9-11)24-18(15(12)16(19)21)20-17(22)13-8-5-10(2)23-13/h5,8,11H,3-4,6-7,9H2,1-2H3,(H2,19,21)(H,20,22). The Morgan fingerprint density at radius 3 is 2.83 bits per heavy atom. The van der Waals surface area contributed by atoms with Crippen LogP contribution in [-0.2, 0) is 12.8 Å². The van der Waals surface area contributed by atoms with Crippen LogP contribution in [0.3, 0.4) is 0 Å². The number of furan rings is 1. The minimum atomic E-state index is -0.479. The van der Waals surface area contributed by atoms with Gasteiger partial charge in [0.2, 0.25) is 0 Å². The average molecular weight is 346 g/mol. The SMILES string of the molecule is CCCC1CCc2c(sc(NC(=O)c3ccc(C)o3)c2C(N)=O)C1. The van der Waals surface area contributed by atoms with Crippen molar-refractivity contribution in [3.8, 4) is 0 Å². The van der Waals surface area contributed by atoms with Crippen molar-refractivity contribution in [2.75, 3.05) is 5.32 Å². The van der Waals surface area contributed by atoms with Crippen molar-refractivity contribution in [1.82, 2.24) is 0 Å². The van der Waals surface area contributed by atoms with E-state index in [9.17, 15) is 9.59 Å². The number of aryl methyl sites for hydroxylation is 1.